The highest BCUT2D eigenvalue weighted by atomic mass is 35.5. The largest absolute Gasteiger partial charge is 0.497 e. The zero-order chi connectivity index (χ0) is 20.2. The third-order valence-corrected chi connectivity index (χ3v) is 4.94. The van der Waals surface area contributed by atoms with Gasteiger partial charge in [0.15, 0.2) is 0 Å². The molecule has 4 rings (SSSR count). The lowest BCUT2D eigenvalue weighted by Crippen LogP contribution is -2.27. The van der Waals surface area contributed by atoms with Crippen LogP contribution in [0.2, 0.25) is 5.02 Å². The Kier molecular flexibility index (Phi) is 5.49. The van der Waals surface area contributed by atoms with Crippen molar-refractivity contribution in [3.63, 3.8) is 0 Å². The average molecular weight is 406 g/mol. The van der Waals surface area contributed by atoms with Crippen molar-refractivity contribution in [3.05, 3.63) is 83.4 Å². The Hall–Kier alpha value is -3.31. The zero-order valence-electron chi connectivity index (χ0n) is 15.9. The fraction of sp³-hybridized carbons (Fsp3) is 0.130. The lowest BCUT2D eigenvalue weighted by atomic mass is 10.1. The van der Waals surface area contributed by atoms with Gasteiger partial charge in [-0.05, 0) is 35.9 Å². The highest BCUT2D eigenvalue weighted by molar-refractivity contribution is 6.31. The molecule has 29 heavy (non-hydrogen) atoms. The number of nitrogens with one attached hydrogen (secondary N) is 1. The highest BCUT2D eigenvalue weighted by Crippen LogP contribution is 2.30. The molecular weight excluding hydrogens is 386 g/mol. The Morgan fingerprint density at radius 2 is 1.83 bits per heavy atom. The summed E-state index contributed by atoms with van der Waals surface area (Å²) in [6, 6.07) is 23.1. The van der Waals surface area contributed by atoms with E-state index in [1.165, 1.54) is 0 Å². The van der Waals surface area contributed by atoms with Crippen molar-refractivity contribution >= 4 is 28.4 Å². The van der Waals surface area contributed by atoms with Gasteiger partial charge >= 0.3 is 0 Å². The van der Waals surface area contributed by atoms with Gasteiger partial charge in [-0.2, -0.15) is 5.10 Å². The molecule has 0 saturated heterocycles. The smallest absolute Gasteiger partial charge is 0.242 e. The number of methoxy groups -OCH3 is 1. The summed E-state index contributed by atoms with van der Waals surface area (Å²) in [5.41, 5.74) is 3.66. The van der Waals surface area contributed by atoms with Crippen LogP contribution in [0.25, 0.3) is 22.2 Å². The molecule has 0 unspecified atom stereocenters. The quantitative estimate of drug-likeness (QED) is 0.506. The summed E-state index contributed by atoms with van der Waals surface area (Å²) in [7, 11) is 1.63. The number of rotatable bonds is 6. The number of nitrogens with zero attached hydrogens (tertiary/aromatic N) is 2. The molecule has 0 bridgehead atoms. The maximum atomic E-state index is 12.5. The van der Waals surface area contributed by atoms with Crippen LogP contribution in [0.4, 0.5) is 0 Å². The Bertz CT molecular complexity index is 1140. The van der Waals surface area contributed by atoms with E-state index >= 15 is 0 Å². The van der Waals surface area contributed by atoms with E-state index < -0.39 is 0 Å². The maximum Gasteiger partial charge on any atom is 0.242 e. The number of hydrogen-bond donors (Lipinski definition) is 1. The topological polar surface area (TPSA) is 56.1 Å². The van der Waals surface area contributed by atoms with Crippen molar-refractivity contribution in [2.45, 2.75) is 13.1 Å². The van der Waals surface area contributed by atoms with Crippen molar-refractivity contribution in [1.82, 2.24) is 15.1 Å². The summed E-state index contributed by atoms with van der Waals surface area (Å²) in [5, 5.41) is 9.20. The van der Waals surface area contributed by atoms with Crippen LogP contribution in [-0.2, 0) is 17.9 Å². The summed E-state index contributed by atoms with van der Waals surface area (Å²) in [5.74, 6) is 0.676. The van der Waals surface area contributed by atoms with Crippen LogP contribution in [0.5, 0.6) is 5.75 Å². The molecule has 0 saturated carbocycles. The van der Waals surface area contributed by atoms with Gasteiger partial charge in [0.2, 0.25) is 5.91 Å². The van der Waals surface area contributed by atoms with Crippen LogP contribution in [0, 0.1) is 0 Å². The Morgan fingerprint density at radius 3 is 2.55 bits per heavy atom. The molecule has 1 N–H and O–H groups in total. The first-order chi connectivity index (χ1) is 14.1. The molecule has 1 aromatic heterocycles. The van der Waals surface area contributed by atoms with Crippen LogP contribution in [0.3, 0.4) is 0 Å². The standard InChI is InChI=1S/C23H20ClN3O2/c1-29-19-10-7-16(8-11-19)14-25-22(28)15-27-21-12-9-18(24)13-20(21)23(26-27)17-5-3-2-4-6-17/h2-13H,14-15H2,1H3,(H,25,28). The maximum absolute atomic E-state index is 12.5. The number of carbonyl (C=O) groups excluding carboxylic acids is 1. The molecule has 5 nitrogen and oxygen atoms in total. The third kappa shape index (κ3) is 4.25. The van der Waals surface area contributed by atoms with E-state index in [0.717, 1.165) is 33.5 Å². The first kappa shape index (κ1) is 19.0. The van der Waals surface area contributed by atoms with Gasteiger partial charge in [-0.25, -0.2) is 0 Å². The van der Waals surface area contributed by atoms with Crippen molar-refractivity contribution in [2.24, 2.45) is 0 Å². The van der Waals surface area contributed by atoms with Crippen molar-refractivity contribution in [3.8, 4) is 17.0 Å². The molecule has 0 radical (unpaired) electrons. The average Bonchev–Trinajstić information content (AvgIpc) is 3.10. The fourth-order valence-electron chi connectivity index (χ4n) is 3.22. The van der Waals surface area contributed by atoms with Gasteiger partial charge in [0.05, 0.1) is 12.6 Å². The molecular formula is C23H20ClN3O2. The summed E-state index contributed by atoms with van der Waals surface area (Å²) in [4.78, 5) is 12.5. The van der Waals surface area contributed by atoms with Crippen LogP contribution in [-0.4, -0.2) is 22.8 Å². The number of aromatic nitrogens is 2. The van der Waals surface area contributed by atoms with Gasteiger partial charge in [-0.3, -0.25) is 9.48 Å². The van der Waals surface area contributed by atoms with E-state index in [2.05, 4.69) is 5.32 Å². The van der Waals surface area contributed by atoms with E-state index in [1.54, 1.807) is 11.8 Å². The number of carbonyl (C=O) groups is 1. The van der Waals surface area contributed by atoms with Gasteiger partial charge in [0, 0.05) is 22.5 Å². The minimum Gasteiger partial charge on any atom is -0.497 e. The van der Waals surface area contributed by atoms with Gasteiger partial charge in [-0.15, -0.1) is 0 Å². The second-order valence-corrected chi connectivity index (χ2v) is 7.09. The monoisotopic (exact) mass is 405 g/mol. The lowest BCUT2D eigenvalue weighted by molar-refractivity contribution is -0.121. The van der Waals surface area contributed by atoms with Crippen LogP contribution in [0.1, 0.15) is 5.56 Å². The summed E-state index contributed by atoms with van der Waals surface area (Å²) >= 11 is 6.21. The zero-order valence-corrected chi connectivity index (χ0v) is 16.7. The van der Waals surface area contributed by atoms with Crippen LogP contribution < -0.4 is 10.1 Å². The molecule has 6 heteroatoms. The molecule has 4 aromatic rings. The molecule has 0 fully saturated rings. The van der Waals surface area contributed by atoms with E-state index in [-0.39, 0.29) is 12.5 Å². The van der Waals surface area contributed by atoms with Gasteiger partial charge in [0.25, 0.3) is 0 Å². The number of hydrogen-bond acceptors (Lipinski definition) is 3. The number of amides is 1. The minimum absolute atomic E-state index is 0.111. The van der Waals surface area contributed by atoms with E-state index in [0.29, 0.717) is 11.6 Å². The molecule has 0 aliphatic carbocycles. The fourth-order valence-corrected chi connectivity index (χ4v) is 3.39. The summed E-state index contributed by atoms with van der Waals surface area (Å²) < 4.78 is 6.87. The van der Waals surface area contributed by atoms with Crippen molar-refractivity contribution < 1.29 is 9.53 Å². The number of ether oxygens (including phenoxy) is 1. The predicted octanol–water partition coefficient (Wildman–Crippen LogP) is 4.68. The molecule has 0 aliphatic rings. The normalized spacial score (nSPS) is 10.8. The first-order valence-electron chi connectivity index (χ1n) is 9.25. The van der Waals surface area contributed by atoms with Crippen LogP contribution in [0.15, 0.2) is 72.8 Å². The number of benzene rings is 3. The highest BCUT2D eigenvalue weighted by Gasteiger charge is 2.15. The van der Waals surface area contributed by atoms with Crippen LogP contribution >= 0.6 is 11.6 Å². The number of halogens is 1. The summed E-state index contributed by atoms with van der Waals surface area (Å²) in [6.45, 7) is 0.570. The van der Waals surface area contributed by atoms with Crippen molar-refractivity contribution in [2.75, 3.05) is 7.11 Å². The SMILES string of the molecule is COc1ccc(CNC(=O)Cn2nc(-c3ccccc3)c3cc(Cl)ccc32)cc1. The predicted molar refractivity (Wildman–Crippen MR) is 115 cm³/mol. The first-order valence-corrected chi connectivity index (χ1v) is 9.63. The molecule has 0 atom stereocenters. The van der Waals surface area contributed by atoms with Gasteiger partial charge in [-0.1, -0.05) is 54.1 Å². The second-order valence-electron chi connectivity index (χ2n) is 6.66. The van der Waals surface area contributed by atoms with Gasteiger partial charge < -0.3 is 10.1 Å². The number of fused-ring (bicyclic) bond motifs is 1. The molecule has 0 spiro atoms. The molecule has 1 amide bonds. The Morgan fingerprint density at radius 1 is 1.07 bits per heavy atom. The molecule has 3 aromatic carbocycles. The summed E-state index contributed by atoms with van der Waals surface area (Å²) in [6.07, 6.45) is 0. The molecule has 1 heterocycles. The van der Waals surface area contributed by atoms with Gasteiger partial charge in [0.1, 0.15) is 18.0 Å². The molecule has 0 aliphatic heterocycles. The Labute approximate surface area is 173 Å². The second kappa shape index (κ2) is 8.37. The Balaban J connectivity index is 1.55. The van der Waals surface area contributed by atoms with E-state index in [1.807, 2.05) is 72.8 Å². The van der Waals surface area contributed by atoms with E-state index in [4.69, 9.17) is 21.4 Å². The lowest BCUT2D eigenvalue weighted by Gasteiger charge is -2.07. The van der Waals surface area contributed by atoms with Crippen molar-refractivity contribution in [1.29, 1.82) is 0 Å². The molecule has 146 valence electrons. The van der Waals surface area contributed by atoms with E-state index in [9.17, 15) is 4.79 Å². The minimum atomic E-state index is -0.111. The third-order valence-electron chi connectivity index (χ3n) is 4.70.